The van der Waals surface area contributed by atoms with Crippen LogP contribution in [0.5, 0.6) is 0 Å². The molecule has 6 nitrogen and oxygen atoms in total. The minimum atomic E-state index is -1.98. The summed E-state index contributed by atoms with van der Waals surface area (Å²) in [6, 6.07) is 0. The van der Waals surface area contributed by atoms with E-state index in [4.69, 9.17) is 18.3 Å². The van der Waals surface area contributed by atoms with Crippen molar-refractivity contribution in [2.24, 2.45) is 0 Å². The molecule has 1 saturated heterocycles. The van der Waals surface area contributed by atoms with Crippen LogP contribution >= 0.6 is 0 Å². The lowest BCUT2D eigenvalue weighted by Gasteiger charge is -2.39. The third-order valence-corrected chi connectivity index (χ3v) is 15.8. The van der Waals surface area contributed by atoms with E-state index in [1.54, 1.807) is 0 Å². The molecule has 184 valence electrons. The van der Waals surface area contributed by atoms with Crippen molar-refractivity contribution in [1.82, 2.24) is 5.32 Å². The van der Waals surface area contributed by atoms with Crippen LogP contribution in [0.2, 0.25) is 36.3 Å². The van der Waals surface area contributed by atoms with E-state index in [0.717, 1.165) is 0 Å². The van der Waals surface area contributed by atoms with Gasteiger partial charge in [-0.25, -0.2) is 4.79 Å². The summed E-state index contributed by atoms with van der Waals surface area (Å²) < 4.78 is 24.5. The summed E-state index contributed by atoms with van der Waals surface area (Å²) in [5, 5.41) is 3.14. The Labute approximate surface area is 193 Å². The van der Waals surface area contributed by atoms with Crippen molar-refractivity contribution in [2.45, 2.75) is 129 Å². The highest BCUT2D eigenvalue weighted by atomic mass is 28.4. The number of alkyl carbamates (subject to hydrolysis) is 1. The molecule has 0 aromatic heterocycles. The van der Waals surface area contributed by atoms with Gasteiger partial charge in [0.05, 0.1) is 12.7 Å². The molecule has 0 radical (unpaired) electrons. The SMILES string of the molecule is CC(C)(C)OC(=O)NCC[C@@H](O[Si](C)(C)C(C)(C)C)[C@H]1O[C@@H]1CO[Si](C)(C)C(C)(C)C. The number of ether oxygens (including phenoxy) is 2. The average molecular weight is 476 g/mol. The highest BCUT2D eigenvalue weighted by molar-refractivity contribution is 6.74. The Kier molecular flexibility index (Phi) is 9.08. The normalized spacial score (nSPS) is 21.6. The maximum absolute atomic E-state index is 12.0. The van der Waals surface area contributed by atoms with Crippen LogP contribution in [0.1, 0.15) is 68.7 Å². The second kappa shape index (κ2) is 9.83. The van der Waals surface area contributed by atoms with Gasteiger partial charge in [0.1, 0.15) is 17.8 Å². The Morgan fingerprint density at radius 1 is 0.935 bits per heavy atom. The molecule has 1 aliphatic heterocycles. The van der Waals surface area contributed by atoms with Crippen LogP contribution in [0.4, 0.5) is 4.79 Å². The molecule has 1 heterocycles. The van der Waals surface area contributed by atoms with Crippen molar-refractivity contribution in [3.05, 3.63) is 0 Å². The highest BCUT2D eigenvalue weighted by Gasteiger charge is 2.50. The zero-order chi connectivity index (χ0) is 24.5. The lowest BCUT2D eigenvalue weighted by atomic mass is 10.1. The number of amides is 1. The Morgan fingerprint density at radius 3 is 1.90 bits per heavy atom. The van der Waals surface area contributed by atoms with Gasteiger partial charge in [-0.1, -0.05) is 41.5 Å². The number of hydrogen-bond acceptors (Lipinski definition) is 5. The van der Waals surface area contributed by atoms with Crippen molar-refractivity contribution in [1.29, 1.82) is 0 Å². The lowest BCUT2D eigenvalue weighted by Crippen LogP contribution is -2.47. The van der Waals surface area contributed by atoms with Gasteiger partial charge in [0, 0.05) is 6.54 Å². The van der Waals surface area contributed by atoms with E-state index in [2.05, 4.69) is 73.0 Å². The second-order valence-corrected chi connectivity index (χ2v) is 22.4. The number of nitrogens with one attached hydrogen (secondary N) is 1. The van der Waals surface area contributed by atoms with Crippen LogP contribution < -0.4 is 5.32 Å². The highest BCUT2D eigenvalue weighted by Crippen LogP contribution is 2.41. The van der Waals surface area contributed by atoms with E-state index in [0.29, 0.717) is 19.6 Å². The van der Waals surface area contributed by atoms with E-state index in [1.165, 1.54) is 0 Å². The lowest BCUT2D eigenvalue weighted by molar-refractivity contribution is 0.0515. The molecule has 0 spiro atoms. The Morgan fingerprint density at radius 2 is 1.45 bits per heavy atom. The van der Waals surface area contributed by atoms with Gasteiger partial charge in [-0.2, -0.15) is 0 Å². The zero-order valence-electron chi connectivity index (χ0n) is 22.4. The summed E-state index contributed by atoms with van der Waals surface area (Å²) in [4.78, 5) is 12.0. The number of carbonyl (C=O) groups excluding carboxylic acids is 1. The smallest absolute Gasteiger partial charge is 0.407 e. The van der Waals surface area contributed by atoms with Crippen molar-refractivity contribution in [3.63, 3.8) is 0 Å². The molecule has 3 atom stereocenters. The Hall–Kier alpha value is -0.416. The van der Waals surface area contributed by atoms with Gasteiger partial charge in [-0.3, -0.25) is 0 Å². The summed E-state index contributed by atoms with van der Waals surface area (Å²) in [5.74, 6) is 0. The first-order chi connectivity index (χ1) is 13.7. The Balaban J connectivity index is 2.73. The minimum absolute atomic E-state index is 0.0133. The van der Waals surface area contributed by atoms with E-state index < -0.39 is 28.3 Å². The molecule has 1 aliphatic rings. The van der Waals surface area contributed by atoms with Crippen molar-refractivity contribution in [2.75, 3.05) is 13.2 Å². The van der Waals surface area contributed by atoms with Crippen LogP contribution in [0.3, 0.4) is 0 Å². The largest absolute Gasteiger partial charge is 0.444 e. The standard InChI is InChI=1S/C23H49NO5Si2/c1-21(2,3)28-20(25)24-15-14-17(29-31(12,13)23(7,8)9)19-18(27-19)16-26-30(10,11)22(4,5)6/h17-19H,14-16H2,1-13H3,(H,24,25)/t17-,18-,19-/m1/s1. The van der Waals surface area contributed by atoms with Gasteiger partial charge in [0.2, 0.25) is 0 Å². The number of epoxide rings is 1. The molecular formula is C23H49NO5Si2. The van der Waals surface area contributed by atoms with Crippen molar-refractivity contribution < 1.29 is 23.1 Å². The number of hydrogen-bond donors (Lipinski definition) is 1. The van der Waals surface area contributed by atoms with Gasteiger partial charge in [-0.15, -0.1) is 0 Å². The first kappa shape index (κ1) is 28.6. The average Bonchev–Trinajstić information content (AvgIpc) is 3.27. The maximum atomic E-state index is 12.0. The molecular weight excluding hydrogens is 426 g/mol. The number of carbonyl (C=O) groups is 1. The van der Waals surface area contributed by atoms with Crippen molar-refractivity contribution in [3.8, 4) is 0 Å². The van der Waals surface area contributed by atoms with Crippen LogP contribution in [0.15, 0.2) is 0 Å². The summed E-state index contributed by atoms with van der Waals surface area (Å²) in [6.07, 6.45) is 0.300. The third-order valence-electron chi connectivity index (χ3n) is 6.75. The first-order valence-corrected chi connectivity index (χ1v) is 17.4. The molecule has 0 saturated carbocycles. The summed E-state index contributed by atoms with van der Waals surface area (Å²) in [6.45, 7) is 29.2. The first-order valence-electron chi connectivity index (χ1n) is 11.6. The van der Waals surface area contributed by atoms with Crippen LogP contribution in [0, 0.1) is 0 Å². The third kappa shape index (κ3) is 9.16. The zero-order valence-corrected chi connectivity index (χ0v) is 24.4. The molecule has 0 aromatic carbocycles. The van der Waals surface area contributed by atoms with Crippen molar-refractivity contribution >= 4 is 22.7 Å². The summed E-state index contributed by atoms with van der Waals surface area (Å²) in [7, 11) is -3.80. The summed E-state index contributed by atoms with van der Waals surface area (Å²) in [5.41, 5.74) is -0.507. The molecule has 1 fully saturated rings. The molecule has 1 amide bonds. The molecule has 1 N–H and O–H groups in total. The Bertz CT molecular complexity index is 603. The topological polar surface area (TPSA) is 69.3 Å². The van der Waals surface area contributed by atoms with E-state index in [9.17, 15) is 4.79 Å². The van der Waals surface area contributed by atoms with Gasteiger partial charge in [-0.05, 0) is 63.5 Å². The molecule has 0 aliphatic carbocycles. The van der Waals surface area contributed by atoms with Crippen LogP contribution in [-0.2, 0) is 18.3 Å². The predicted molar refractivity (Wildman–Crippen MR) is 133 cm³/mol. The predicted octanol–water partition coefficient (Wildman–Crippen LogP) is 6.08. The van der Waals surface area contributed by atoms with Crippen LogP contribution in [0.25, 0.3) is 0 Å². The minimum Gasteiger partial charge on any atom is -0.444 e. The van der Waals surface area contributed by atoms with E-state index in [-0.39, 0.29) is 28.4 Å². The molecule has 31 heavy (non-hydrogen) atoms. The summed E-state index contributed by atoms with van der Waals surface area (Å²) >= 11 is 0. The fourth-order valence-electron chi connectivity index (χ4n) is 2.60. The monoisotopic (exact) mass is 475 g/mol. The molecule has 0 bridgehead atoms. The van der Waals surface area contributed by atoms with E-state index >= 15 is 0 Å². The van der Waals surface area contributed by atoms with Gasteiger partial charge < -0.3 is 23.6 Å². The maximum Gasteiger partial charge on any atom is 0.407 e. The van der Waals surface area contributed by atoms with E-state index in [1.807, 2.05) is 20.8 Å². The second-order valence-electron chi connectivity index (χ2n) is 12.8. The van der Waals surface area contributed by atoms with Crippen LogP contribution in [-0.4, -0.2) is 59.8 Å². The fourth-order valence-corrected chi connectivity index (χ4v) is 4.98. The molecule has 1 rings (SSSR count). The fraction of sp³-hybridized carbons (Fsp3) is 0.957. The molecule has 0 aromatic rings. The van der Waals surface area contributed by atoms with Gasteiger partial charge in [0.15, 0.2) is 16.6 Å². The molecule has 0 unspecified atom stereocenters. The van der Waals surface area contributed by atoms with Gasteiger partial charge in [0.25, 0.3) is 0 Å². The molecule has 8 heteroatoms. The number of rotatable bonds is 9. The quantitative estimate of drug-likeness (QED) is 0.323. The van der Waals surface area contributed by atoms with Gasteiger partial charge >= 0.3 is 6.09 Å².